The maximum atomic E-state index is 2.36. The third-order valence-electron chi connectivity index (χ3n) is 2.27. The number of aryl methyl sites for hydroxylation is 1. The third-order valence-corrected chi connectivity index (χ3v) is 2.27. The van der Waals surface area contributed by atoms with Crippen molar-refractivity contribution in [2.45, 2.75) is 25.8 Å². The molecule has 1 aromatic heterocycles. The van der Waals surface area contributed by atoms with Gasteiger partial charge in [-0.25, -0.2) is 4.57 Å². The van der Waals surface area contributed by atoms with Gasteiger partial charge in [0.25, 0.3) is 0 Å². The Labute approximate surface area is 61.3 Å². The summed E-state index contributed by atoms with van der Waals surface area (Å²) in [6, 6.07) is 7.15. The fraction of sp³-hybridized carbons (Fsp3) is 0.444. The topological polar surface area (TPSA) is 3.88 Å². The molecule has 0 fully saturated rings. The summed E-state index contributed by atoms with van der Waals surface area (Å²) in [5.41, 5.74) is 1.48. The zero-order chi connectivity index (χ0) is 6.97. The SMILES string of the molecule is CC1CCc2cccc[n+]21. The lowest BCUT2D eigenvalue weighted by Gasteiger charge is -1.95. The van der Waals surface area contributed by atoms with E-state index in [4.69, 9.17) is 0 Å². The molecular weight excluding hydrogens is 122 g/mol. The average molecular weight is 134 g/mol. The summed E-state index contributed by atoms with van der Waals surface area (Å²) in [5.74, 6) is 0. The molecule has 2 heterocycles. The number of rotatable bonds is 0. The van der Waals surface area contributed by atoms with Crippen LogP contribution in [0, 0.1) is 0 Å². The van der Waals surface area contributed by atoms with Gasteiger partial charge >= 0.3 is 0 Å². The highest BCUT2D eigenvalue weighted by atomic mass is 15.0. The van der Waals surface area contributed by atoms with Gasteiger partial charge in [0.1, 0.15) is 0 Å². The minimum Gasteiger partial charge on any atom is -0.200 e. The van der Waals surface area contributed by atoms with Crippen molar-refractivity contribution < 1.29 is 4.57 Å². The van der Waals surface area contributed by atoms with Gasteiger partial charge in [0.05, 0.1) is 0 Å². The fourth-order valence-electron chi connectivity index (χ4n) is 1.63. The van der Waals surface area contributed by atoms with Crippen LogP contribution in [0.4, 0.5) is 0 Å². The highest BCUT2D eigenvalue weighted by Gasteiger charge is 2.24. The van der Waals surface area contributed by atoms with Crippen LogP contribution < -0.4 is 4.57 Å². The largest absolute Gasteiger partial charge is 0.200 e. The zero-order valence-corrected chi connectivity index (χ0v) is 6.25. The van der Waals surface area contributed by atoms with Crippen LogP contribution in [0.2, 0.25) is 0 Å². The molecule has 0 radical (unpaired) electrons. The molecule has 0 bridgehead atoms. The molecule has 1 heteroatoms. The summed E-state index contributed by atoms with van der Waals surface area (Å²) in [6.45, 7) is 2.27. The van der Waals surface area contributed by atoms with Crippen LogP contribution in [0.5, 0.6) is 0 Å². The normalized spacial score (nSPS) is 22.7. The van der Waals surface area contributed by atoms with E-state index in [-0.39, 0.29) is 0 Å². The molecule has 0 N–H and O–H groups in total. The molecule has 52 valence electrons. The van der Waals surface area contributed by atoms with Gasteiger partial charge in [-0.3, -0.25) is 0 Å². The van der Waals surface area contributed by atoms with E-state index >= 15 is 0 Å². The van der Waals surface area contributed by atoms with E-state index in [1.165, 1.54) is 18.5 Å². The molecule has 1 aromatic rings. The summed E-state index contributed by atoms with van der Waals surface area (Å²) in [6.07, 6.45) is 4.74. The Morgan fingerprint density at radius 3 is 3.20 bits per heavy atom. The zero-order valence-electron chi connectivity index (χ0n) is 6.25. The number of aromatic nitrogens is 1. The maximum absolute atomic E-state index is 2.36. The van der Waals surface area contributed by atoms with Gasteiger partial charge in [0.2, 0.25) is 0 Å². The van der Waals surface area contributed by atoms with E-state index < -0.39 is 0 Å². The molecule has 1 atom stereocenters. The second kappa shape index (κ2) is 2.08. The van der Waals surface area contributed by atoms with Crippen molar-refractivity contribution in [2.24, 2.45) is 0 Å². The van der Waals surface area contributed by atoms with Crippen molar-refractivity contribution in [1.82, 2.24) is 0 Å². The van der Waals surface area contributed by atoms with Gasteiger partial charge in [-0.1, -0.05) is 6.07 Å². The Balaban J connectivity index is 2.51. The fourth-order valence-corrected chi connectivity index (χ4v) is 1.63. The smallest absolute Gasteiger partial charge is 0.181 e. The van der Waals surface area contributed by atoms with Crippen LogP contribution in [0.15, 0.2) is 24.4 Å². The molecular formula is C9H12N+. The van der Waals surface area contributed by atoms with Crippen molar-refractivity contribution in [3.8, 4) is 0 Å². The third kappa shape index (κ3) is 0.737. The highest BCUT2D eigenvalue weighted by Crippen LogP contribution is 2.14. The second-order valence-electron chi connectivity index (χ2n) is 2.99. The molecule has 10 heavy (non-hydrogen) atoms. The van der Waals surface area contributed by atoms with Crippen molar-refractivity contribution >= 4 is 0 Å². The Kier molecular flexibility index (Phi) is 1.23. The van der Waals surface area contributed by atoms with Crippen LogP contribution in [0.3, 0.4) is 0 Å². The minimum atomic E-state index is 0.719. The number of nitrogens with zero attached hydrogens (tertiary/aromatic N) is 1. The van der Waals surface area contributed by atoms with Gasteiger partial charge in [-0.15, -0.1) is 0 Å². The first-order valence-electron chi connectivity index (χ1n) is 3.87. The Hall–Kier alpha value is -0.850. The molecule has 0 saturated heterocycles. The first-order valence-corrected chi connectivity index (χ1v) is 3.87. The summed E-state index contributed by atoms with van der Waals surface area (Å²) in [5, 5.41) is 0. The Morgan fingerprint density at radius 1 is 1.50 bits per heavy atom. The molecule has 0 saturated carbocycles. The molecule has 2 rings (SSSR count). The Morgan fingerprint density at radius 2 is 2.40 bits per heavy atom. The monoisotopic (exact) mass is 134 g/mol. The molecule has 1 nitrogen and oxygen atoms in total. The standard InChI is InChI=1S/C9H12N/c1-8-5-6-9-4-2-3-7-10(8)9/h2-4,7-8H,5-6H2,1H3/q+1. The summed E-state index contributed by atoms with van der Waals surface area (Å²) < 4.78 is 2.36. The van der Waals surface area contributed by atoms with E-state index in [0.29, 0.717) is 0 Å². The van der Waals surface area contributed by atoms with Crippen LogP contribution in [0.1, 0.15) is 25.1 Å². The van der Waals surface area contributed by atoms with Crippen molar-refractivity contribution in [3.05, 3.63) is 30.1 Å². The summed E-state index contributed by atoms with van der Waals surface area (Å²) >= 11 is 0. The summed E-state index contributed by atoms with van der Waals surface area (Å²) in [7, 11) is 0. The first-order chi connectivity index (χ1) is 4.88. The van der Waals surface area contributed by atoms with Gasteiger partial charge in [-0.2, -0.15) is 0 Å². The van der Waals surface area contributed by atoms with E-state index in [0.717, 1.165) is 6.04 Å². The maximum Gasteiger partial charge on any atom is 0.181 e. The van der Waals surface area contributed by atoms with E-state index in [1.807, 2.05) is 0 Å². The van der Waals surface area contributed by atoms with E-state index in [2.05, 4.69) is 35.9 Å². The molecule has 1 aliphatic heterocycles. The predicted molar refractivity (Wildman–Crippen MR) is 39.7 cm³/mol. The van der Waals surface area contributed by atoms with Crippen molar-refractivity contribution in [3.63, 3.8) is 0 Å². The molecule has 0 amide bonds. The molecule has 1 aliphatic rings. The quantitative estimate of drug-likeness (QED) is 0.473. The minimum absolute atomic E-state index is 0.719. The molecule has 0 aliphatic carbocycles. The van der Waals surface area contributed by atoms with Crippen LogP contribution in [0.25, 0.3) is 0 Å². The average Bonchev–Trinajstić information content (AvgIpc) is 2.34. The summed E-state index contributed by atoms with van der Waals surface area (Å²) in [4.78, 5) is 0. The predicted octanol–water partition coefficient (Wildman–Crippen LogP) is 1.48. The Bertz CT molecular complexity index is 242. The first kappa shape index (κ1) is 5.90. The molecule has 1 unspecified atom stereocenters. The van der Waals surface area contributed by atoms with Crippen LogP contribution in [-0.2, 0) is 6.42 Å². The lowest BCUT2D eigenvalue weighted by atomic mass is 10.2. The number of hydrogen-bond acceptors (Lipinski definition) is 0. The van der Waals surface area contributed by atoms with E-state index in [1.54, 1.807) is 0 Å². The van der Waals surface area contributed by atoms with Gasteiger partial charge < -0.3 is 0 Å². The van der Waals surface area contributed by atoms with Gasteiger partial charge in [0, 0.05) is 25.0 Å². The number of pyridine rings is 1. The second-order valence-corrected chi connectivity index (χ2v) is 2.99. The lowest BCUT2D eigenvalue weighted by molar-refractivity contribution is -0.713. The number of fused-ring (bicyclic) bond motifs is 1. The molecule has 0 aromatic carbocycles. The van der Waals surface area contributed by atoms with Crippen molar-refractivity contribution in [2.75, 3.05) is 0 Å². The van der Waals surface area contributed by atoms with Crippen LogP contribution >= 0.6 is 0 Å². The molecule has 0 spiro atoms. The van der Waals surface area contributed by atoms with Gasteiger partial charge in [-0.05, 0) is 6.92 Å². The van der Waals surface area contributed by atoms with Crippen LogP contribution in [-0.4, -0.2) is 0 Å². The van der Waals surface area contributed by atoms with E-state index in [9.17, 15) is 0 Å². The van der Waals surface area contributed by atoms with Gasteiger partial charge in [0.15, 0.2) is 17.9 Å². The highest BCUT2D eigenvalue weighted by molar-refractivity contribution is 4.99. The van der Waals surface area contributed by atoms with Crippen molar-refractivity contribution in [1.29, 1.82) is 0 Å². The number of hydrogen-bond donors (Lipinski definition) is 0. The lowest BCUT2D eigenvalue weighted by Crippen LogP contribution is -2.35.